The SMILES string of the molecule is CC(=O)N(C)c1ccc(-c2cc3c(C(=O)Nc4ccc(C#N)cc4C(=O)O)noc3cc2C#N)c(C(F)(F)F)c1. The number of nitriles is 2. The Morgan fingerprint density at radius 2 is 1.75 bits per heavy atom. The Morgan fingerprint density at radius 1 is 1.02 bits per heavy atom. The standard InChI is InChI=1S/C27H16F3N5O5/c1-13(36)35(2)16-4-5-17(21(9-16)27(28,29)30)18-10-20-23(8-15(18)12-32)40-34-24(20)25(37)33-22-6-3-14(11-31)7-19(22)26(38)39/h3-10H,1-2H3,(H,33,37)(H,38,39). The Morgan fingerprint density at radius 3 is 2.35 bits per heavy atom. The van der Waals surface area contributed by atoms with Crippen LogP contribution in [0, 0.1) is 22.7 Å². The highest BCUT2D eigenvalue weighted by Crippen LogP contribution is 2.41. The van der Waals surface area contributed by atoms with E-state index in [9.17, 15) is 37.9 Å². The van der Waals surface area contributed by atoms with E-state index >= 15 is 0 Å². The maximum atomic E-state index is 14.1. The molecule has 0 atom stereocenters. The number of hydrogen-bond donors (Lipinski definition) is 2. The number of rotatable bonds is 5. The number of carboxylic acid groups (broad SMARTS) is 1. The van der Waals surface area contributed by atoms with Gasteiger partial charge in [0.05, 0.1) is 45.5 Å². The van der Waals surface area contributed by atoms with E-state index in [2.05, 4.69) is 10.5 Å². The molecule has 40 heavy (non-hydrogen) atoms. The first-order valence-electron chi connectivity index (χ1n) is 11.2. The van der Waals surface area contributed by atoms with Crippen molar-refractivity contribution in [3.8, 4) is 23.3 Å². The largest absolute Gasteiger partial charge is 0.478 e. The highest BCUT2D eigenvalue weighted by atomic mass is 19.4. The molecule has 0 spiro atoms. The molecular weight excluding hydrogens is 531 g/mol. The lowest BCUT2D eigenvalue weighted by Gasteiger charge is -2.20. The van der Waals surface area contributed by atoms with Crippen LogP contribution in [0.15, 0.2) is 53.1 Å². The van der Waals surface area contributed by atoms with Crippen LogP contribution in [-0.4, -0.2) is 35.1 Å². The first kappa shape index (κ1) is 27.3. The van der Waals surface area contributed by atoms with Gasteiger partial charge in [0.15, 0.2) is 11.3 Å². The fourth-order valence-corrected chi connectivity index (χ4v) is 3.94. The van der Waals surface area contributed by atoms with Crippen molar-refractivity contribution in [3.63, 3.8) is 0 Å². The monoisotopic (exact) mass is 547 g/mol. The summed E-state index contributed by atoms with van der Waals surface area (Å²) in [6.07, 6.45) is -4.87. The Balaban J connectivity index is 1.85. The van der Waals surface area contributed by atoms with Gasteiger partial charge in [0.1, 0.15) is 0 Å². The van der Waals surface area contributed by atoms with Gasteiger partial charge in [-0.05, 0) is 42.0 Å². The fourth-order valence-electron chi connectivity index (χ4n) is 3.94. The minimum Gasteiger partial charge on any atom is -0.478 e. The summed E-state index contributed by atoms with van der Waals surface area (Å²) in [5.74, 6) is -2.86. The molecular formula is C27H16F3N5O5. The summed E-state index contributed by atoms with van der Waals surface area (Å²) in [5, 5.41) is 34.1. The summed E-state index contributed by atoms with van der Waals surface area (Å²) in [7, 11) is 1.32. The van der Waals surface area contributed by atoms with Gasteiger partial charge in [0, 0.05) is 31.3 Å². The number of hydrogen-bond acceptors (Lipinski definition) is 7. The number of anilines is 2. The van der Waals surface area contributed by atoms with E-state index in [1.807, 2.05) is 6.07 Å². The topological polar surface area (TPSA) is 160 Å². The second-order valence-corrected chi connectivity index (χ2v) is 8.47. The number of carbonyl (C=O) groups is 3. The average molecular weight is 547 g/mol. The lowest BCUT2D eigenvalue weighted by molar-refractivity contribution is -0.137. The highest BCUT2D eigenvalue weighted by molar-refractivity contribution is 6.13. The van der Waals surface area contributed by atoms with E-state index in [-0.39, 0.29) is 55.9 Å². The first-order chi connectivity index (χ1) is 18.8. The third-order valence-corrected chi connectivity index (χ3v) is 6.03. The molecule has 13 heteroatoms. The minimum absolute atomic E-state index is 0.0233. The molecule has 0 aliphatic rings. The number of aromatic nitrogens is 1. The predicted molar refractivity (Wildman–Crippen MR) is 134 cm³/mol. The maximum absolute atomic E-state index is 14.1. The first-order valence-corrected chi connectivity index (χ1v) is 11.2. The molecule has 1 aromatic heterocycles. The number of alkyl halides is 3. The fraction of sp³-hybridized carbons (Fsp3) is 0.111. The molecule has 0 aliphatic carbocycles. The van der Waals surface area contributed by atoms with E-state index in [1.54, 1.807) is 6.07 Å². The molecule has 4 rings (SSSR count). The van der Waals surface area contributed by atoms with E-state index in [1.165, 1.54) is 32.2 Å². The zero-order valence-corrected chi connectivity index (χ0v) is 20.6. The van der Waals surface area contributed by atoms with Gasteiger partial charge in [-0.15, -0.1) is 0 Å². The number of aromatic carboxylic acids is 1. The number of carboxylic acids is 1. The van der Waals surface area contributed by atoms with E-state index < -0.39 is 29.5 Å². The molecule has 0 saturated heterocycles. The van der Waals surface area contributed by atoms with Crippen LogP contribution in [0.25, 0.3) is 22.1 Å². The number of carbonyl (C=O) groups excluding carboxylic acids is 2. The van der Waals surface area contributed by atoms with Gasteiger partial charge in [0.25, 0.3) is 5.91 Å². The normalized spacial score (nSPS) is 11.0. The lowest BCUT2D eigenvalue weighted by atomic mass is 9.93. The molecule has 2 N–H and O–H groups in total. The third-order valence-electron chi connectivity index (χ3n) is 6.03. The summed E-state index contributed by atoms with van der Waals surface area (Å²) in [5.41, 5.74) is -2.88. The van der Waals surface area contributed by atoms with Gasteiger partial charge >= 0.3 is 12.1 Å². The van der Waals surface area contributed by atoms with Crippen molar-refractivity contribution in [2.75, 3.05) is 17.3 Å². The Hall–Kier alpha value is -5.69. The summed E-state index contributed by atoms with van der Waals surface area (Å²) in [6.45, 7) is 1.19. The molecule has 4 aromatic rings. The molecule has 2 amide bonds. The molecule has 3 aromatic carbocycles. The van der Waals surface area contributed by atoms with Gasteiger partial charge < -0.3 is 19.8 Å². The Bertz CT molecular complexity index is 1800. The summed E-state index contributed by atoms with van der Waals surface area (Å²) < 4.78 is 47.5. The zero-order valence-electron chi connectivity index (χ0n) is 20.6. The molecule has 0 radical (unpaired) electrons. The molecule has 0 fully saturated rings. The van der Waals surface area contributed by atoms with Gasteiger partial charge in [0.2, 0.25) is 5.91 Å². The van der Waals surface area contributed by atoms with Crippen LogP contribution in [0.5, 0.6) is 0 Å². The third kappa shape index (κ3) is 5.04. The number of benzene rings is 3. The van der Waals surface area contributed by atoms with Crippen molar-refractivity contribution in [1.29, 1.82) is 10.5 Å². The van der Waals surface area contributed by atoms with Crippen molar-refractivity contribution in [3.05, 3.63) is 76.5 Å². The van der Waals surface area contributed by atoms with E-state index in [4.69, 9.17) is 9.78 Å². The molecule has 10 nitrogen and oxygen atoms in total. The van der Waals surface area contributed by atoms with Crippen LogP contribution in [0.4, 0.5) is 24.5 Å². The molecule has 0 aliphatic heterocycles. The number of nitrogens with one attached hydrogen (secondary N) is 1. The molecule has 0 bridgehead atoms. The summed E-state index contributed by atoms with van der Waals surface area (Å²) >= 11 is 0. The van der Waals surface area contributed by atoms with Crippen LogP contribution in [-0.2, 0) is 11.0 Å². The quantitative estimate of drug-likeness (QED) is 0.345. The van der Waals surface area contributed by atoms with E-state index in [0.717, 1.165) is 35.2 Å². The van der Waals surface area contributed by atoms with Gasteiger partial charge in [-0.1, -0.05) is 11.2 Å². The van der Waals surface area contributed by atoms with Crippen LogP contribution >= 0.6 is 0 Å². The van der Waals surface area contributed by atoms with Crippen molar-refractivity contribution in [1.82, 2.24) is 5.16 Å². The van der Waals surface area contributed by atoms with E-state index in [0.29, 0.717) is 0 Å². The average Bonchev–Trinajstić information content (AvgIpc) is 3.34. The molecule has 0 saturated carbocycles. The predicted octanol–water partition coefficient (Wildman–Crippen LogP) is 5.19. The Kier molecular flexibility index (Phi) is 6.99. The zero-order chi connectivity index (χ0) is 29.4. The second kappa shape index (κ2) is 10.2. The van der Waals surface area contributed by atoms with Crippen molar-refractivity contribution >= 4 is 40.1 Å². The second-order valence-electron chi connectivity index (χ2n) is 8.47. The number of amides is 2. The lowest BCUT2D eigenvalue weighted by Crippen LogP contribution is -2.23. The highest BCUT2D eigenvalue weighted by Gasteiger charge is 2.35. The van der Waals surface area contributed by atoms with Crippen molar-refractivity contribution in [2.45, 2.75) is 13.1 Å². The van der Waals surface area contributed by atoms with Gasteiger partial charge in [-0.25, -0.2) is 4.79 Å². The number of nitrogens with zero attached hydrogens (tertiary/aromatic N) is 4. The summed E-state index contributed by atoms with van der Waals surface area (Å²) in [4.78, 5) is 37.4. The smallest absolute Gasteiger partial charge is 0.417 e. The van der Waals surface area contributed by atoms with Crippen LogP contribution in [0.2, 0.25) is 0 Å². The van der Waals surface area contributed by atoms with Crippen LogP contribution < -0.4 is 10.2 Å². The molecule has 1 heterocycles. The summed E-state index contributed by atoms with van der Waals surface area (Å²) in [6, 6.07) is 12.6. The minimum atomic E-state index is -4.87. The molecule has 0 unspecified atom stereocenters. The van der Waals surface area contributed by atoms with Crippen LogP contribution in [0.1, 0.15) is 44.5 Å². The maximum Gasteiger partial charge on any atom is 0.417 e. The van der Waals surface area contributed by atoms with Crippen molar-refractivity contribution in [2.24, 2.45) is 0 Å². The number of fused-ring (bicyclic) bond motifs is 1. The Labute approximate surface area is 223 Å². The van der Waals surface area contributed by atoms with Gasteiger partial charge in [-0.3, -0.25) is 9.59 Å². The molecule has 200 valence electrons. The number of halogens is 3. The van der Waals surface area contributed by atoms with Gasteiger partial charge in [-0.2, -0.15) is 23.7 Å². The van der Waals surface area contributed by atoms with Crippen molar-refractivity contribution < 1.29 is 37.2 Å². The van der Waals surface area contributed by atoms with Crippen LogP contribution in [0.3, 0.4) is 0 Å².